The summed E-state index contributed by atoms with van der Waals surface area (Å²) in [7, 11) is 0. The van der Waals surface area contributed by atoms with Gasteiger partial charge in [-0.05, 0) is 41.7 Å². The Hall–Kier alpha value is -4.05. The molecule has 1 unspecified atom stereocenters. The summed E-state index contributed by atoms with van der Waals surface area (Å²) < 4.78 is 0. The first-order chi connectivity index (χ1) is 17.6. The zero-order valence-corrected chi connectivity index (χ0v) is 21.9. The number of aromatic nitrogens is 1. The van der Waals surface area contributed by atoms with Crippen molar-refractivity contribution < 1.29 is 14.7 Å². The van der Waals surface area contributed by atoms with Gasteiger partial charge in [0.15, 0.2) is 0 Å². The lowest BCUT2D eigenvalue weighted by atomic mass is 9.94. The molecule has 0 saturated carbocycles. The Morgan fingerprint density at radius 1 is 1.14 bits per heavy atom. The summed E-state index contributed by atoms with van der Waals surface area (Å²) in [5, 5.41) is 31.4. The number of hydrogen-bond donors (Lipinski definition) is 3. The van der Waals surface area contributed by atoms with Crippen LogP contribution < -0.4 is 11.1 Å². The molecule has 1 amide bonds. The van der Waals surface area contributed by atoms with Crippen molar-refractivity contribution in [1.82, 2.24) is 4.98 Å². The summed E-state index contributed by atoms with van der Waals surface area (Å²) in [5.74, 6) is -1.36. The molecule has 1 aromatic heterocycles. The number of nitrogens with one attached hydrogen (secondary N) is 1. The van der Waals surface area contributed by atoms with Gasteiger partial charge in [-0.2, -0.15) is 10.5 Å². The topological polar surface area (TPSA) is 153 Å². The zero-order valence-electron chi connectivity index (χ0n) is 20.4. The Labute approximate surface area is 224 Å². The maximum Gasteiger partial charge on any atom is 0.337 e. The summed E-state index contributed by atoms with van der Waals surface area (Å²) in [6, 6.07) is 15.9. The highest BCUT2D eigenvalue weighted by Crippen LogP contribution is 2.38. The summed E-state index contributed by atoms with van der Waals surface area (Å²) in [6.45, 7) is 5.93. The summed E-state index contributed by atoms with van der Waals surface area (Å²) >= 11 is 6.97. The van der Waals surface area contributed by atoms with E-state index in [0.29, 0.717) is 23.5 Å². The van der Waals surface area contributed by atoms with Crippen molar-refractivity contribution in [2.75, 3.05) is 11.1 Å². The minimum Gasteiger partial charge on any atom is -0.478 e. The summed E-state index contributed by atoms with van der Waals surface area (Å²) in [4.78, 5) is 28.7. The van der Waals surface area contributed by atoms with Crippen molar-refractivity contribution >= 4 is 46.7 Å². The van der Waals surface area contributed by atoms with Crippen LogP contribution in [0.1, 0.15) is 60.2 Å². The van der Waals surface area contributed by atoms with E-state index in [1.54, 1.807) is 6.92 Å². The highest BCUT2D eigenvalue weighted by Gasteiger charge is 2.26. The first-order valence-electron chi connectivity index (χ1n) is 11.4. The van der Waals surface area contributed by atoms with Crippen LogP contribution in [0.3, 0.4) is 0 Å². The molecule has 1 heterocycles. The Morgan fingerprint density at radius 2 is 1.78 bits per heavy atom. The van der Waals surface area contributed by atoms with Gasteiger partial charge < -0.3 is 16.2 Å². The molecule has 0 saturated heterocycles. The molecular formula is C27H24ClN5O3S. The smallest absolute Gasteiger partial charge is 0.337 e. The molecule has 10 heteroatoms. The third-order valence-electron chi connectivity index (χ3n) is 5.66. The normalized spacial score (nSPS) is 11.4. The van der Waals surface area contributed by atoms with Gasteiger partial charge in [0, 0.05) is 11.3 Å². The first kappa shape index (κ1) is 27.5. The third-order valence-corrected chi connectivity index (χ3v) is 7.34. The highest BCUT2D eigenvalue weighted by atomic mass is 35.5. The number of hydrogen-bond acceptors (Lipinski definition) is 7. The lowest BCUT2D eigenvalue weighted by Crippen LogP contribution is -2.25. The number of halogens is 1. The fourth-order valence-corrected chi connectivity index (χ4v) is 4.87. The Kier molecular flexibility index (Phi) is 8.77. The first-order valence-corrected chi connectivity index (χ1v) is 12.6. The van der Waals surface area contributed by atoms with Gasteiger partial charge >= 0.3 is 5.97 Å². The number of anilines is 2. The number of amides is 1. The van der Waals surface area contributed by atoms with Crippen molar-refractivity contribution in [2.24, 2.45) is 0 Å². The van der Waals surface area contributed by atoms with Crippen molar-refractivity contribution in [3.8, 4) is 23.3 Å². The molecule has 1 atom stereocenters. The van der Waals surface area contributed by atoms with Crippen molar-refractivity contribution in [1.29, 1.82) is 10.5 Å². The molecule has 0 aliphatic carbocycles. The van der Waals surface area contributed by atoms with Crippen LogP contribution in [-0.4, -0.2) is 27.2 Å². The van der Waals surface area contributed by atoms with E-state index in [2.05, 4.69) is 36.3 Å². The predicted molar refractivity (Wildman–Crippen MR) is 145 cm³/mol. The average Bonchev–Trinajstić information content (AvgIpc) is 2.87. The number of nitriles is 2. The Morgan fingerprint density at radius 3 is 2.32 bits per heavy atom. The van der Waals surface area contributed by atoms with Crippen molar-refractivity contribution in [2.45, 2.75) is 43.4 Å². The molecule has 37 heavy (non-hydrogen) atoms. The Balaban J connectivity index is 2.00. The van der Waals surface area contributed by atoms with E-state index >= 15 is 0 Å². The lowest BCUT2D eigenvalue weighted by molar-refractivity contribution is -0.115. The van der Waals surface area contributed by atoms with E-state index in [0.717, 1.165) is 17.3 Å². The van der Waals surface area contributed by atoms with Crippen LogP contribution in [-0.2, 0) is 4.79 Å². The molecule has 4 N–H and O–H groups in total. The molecule has 3 aromatic rings. The van der Waals surface area contributed by atoms with E-state index in [-0.39, 0.29) is 38.2 Å². The quantitative estimate of drug-likeness (QED) is 0.295. The van der Waals surface area contributed by atoms with Gasteiger partial charge in [0.1, 0.15) is 28.5 Å². The van der Waals surface area contributed by atoms with Gasteiger partial charge in [0.05, 0.1) is 21.4 Å². The number of carbonyl (C=O) groups excluding carboxylic acids is 1. The number of carbonyl (C=O) groups is 2. The highest BCUT2D eigenvalue weighted by molar-refractivity contribution is 8.00. The van der Waals surface area contributed by atoms with Gasteiger partial charge in [0.2, 0.25) is 5.91 Å². The zero-order chi connectivity index (χ0) is 27.3. The number of rotatable bonds is 8. The van der Waals surface area contributed by atoms with Crippen LogP contribution in [0.4, 0.5) is 11.5 Å². The number of pyridine rings is 1. The number of thioether (sulfide) groups is 1. The van der Waals surface area contributed by atoms with Gasteiger partial charge in [-0.15, -0.1) is 0 Å². The van der Waals surface area contributed by atoms with Crippen molar-refractivity contribution in [3.05, 3.63) is 69.7 Å². The molecule has 3 rings (SSSR count). The molecule has 0 bridgehead atoms. The largest absolute Gasteiger partial charge is 0.478 e. The number of nitrogens with zero attached hydrogens (tertiary/aromatic N) is 3. The summed E-state index contributed by atoms with van der Waals surface area (Å²) in [5.41, 5.74) is 8.62. The van der Waals surface area contributed by atoms with Crippen LogP contribution in [0.2, 0.25) is 5.02 Å². The molecule has 0 aliphatic rings. The molecule has 188 valence electrons. The fourth-order valence-electron chi connectivity index (χ4n) is 3.65. The van der Waals surface area contributed by atoms with Crippen LogP contribution >= 0.6 is 23.4 Å². The predicted octanol–water partition coefficient (Wildman–Crippen LogP) is 6.06. The fraction of sp³-hybridized carbons (Fsp3) is 0.222. The maximum atomic E-state index is 13.1. The van der Waals surface area contributed by atoms with E-state index < -0.39 is 17.1 Å². The summed E-state index contributed by atoms with van der Waals surface area (Å²) in [6.07, 6.45) is 0.376. The van der Waals surface area contributed by atoms with Crippen molar-refractivity contribution in [3.63, 3.8) is 0 Å². The van der Waals surface area contributed by atoms with Gasteiger partial charge in [0.25, 0.3) is 0 Å². The molecule has 0 aliphatic heterocycles. The average molecular weight is 534 g/mol. The SMILES string of the molecule is CCC(Sc1nc(N)c(C#N)c(-c2ccc(C(C)C)cc2)c1C#N)C(=O)Nc1ccc(Cl)c(C(=O)O)c1. The van der Waals surface area contributed by atoms with E-state index in [9.17, 15) is 25.2 Å². The monoisotopic (exact) mass is 533 g/mol. The number of aromatic carboxylic acids is 1. The van der Waals surface area contributed by atoms with E-state index in [1.165, 1.54) is 18.2 Å². The maximum absolute atomic E-state index is 13.1. The third kappa shape index (κ3) is 6.03. The minimum atomic E-state index is -1.22. The number of nitrogen functional groups attached to an aromatic ring is 1. The number of carboxylic acid groups (broad SMARTS) is 1. The second-order valence-corrected chi connectivity index (χ2v) is 10.0. The minimum absolute atomic E-state index is 0.0361. The van der Waals surface area contributed by atoms with Crippen LogP contribution in [0.5, 0.6) is 0 Å². The number of benzene rings is 2. The Bertz CT molecular complexity index is 1440. The van der Waals surface area contributed by atoms with Crippen LogP contribution in [0.15, 0.2) is 47.5 Å². The van der Waals surface area contributed by atoms with Crippen LogP contribution in [0.25, 0.3) is 11.1 Å². The van der Waals surface area contributed by atoms with E-state index in [1.807, 2.05) is 24.3 Å². The molecule has 0 radical (unpaired) electrons. The molecule has 2 aromatic carbocycles. The van der Waals surface area contributed by atoms with Crippen LogP contribution in [0, 0.1) is 22.7 Å². The molecule has 8 nitrogen and oxygen atoms in total. The van der Waals surface area contributed by atoms with Gasteiger partial charge in [-0.25, -0.2) is 9.78 Å². The van der Waals surface area contributed by atoms with E-state index in [4.69, 9.17) is 17.3 Å². The number of nitrogens with two attached hydrogens (primary N) is 1. The molecule has 0 spiro atoms. The van der Waals surface area contributed by atoms with Gasteiger partial charge in [-0.3, -0.25) is 4.79 Å². The number of carboxylic acids is 1. The lowest BCUT2D eigenvalue weighted by Gasteiger charge is -2.18. The molecular weight excluding hydrogens is 510 g/mol. The molecule has 0 fully saturated rings. The van der Waals surface area contributed by atoms with Gasteiger partial charge in [-0.1, -0.05) is 68.4 Å². The second kappa shape index (κ2) is 11.8. The standard InChI is InChI=1S/C27H24ClN5O3S/c1-4-22(25(34)32-17-9-10-21(28)18(11-17)27(35)36)37-26-20(13-30)23(19(12-29)24(31)33-26)16-7-5-15(6-8-16)14(2)3/h5-11,14,22H,4H2,1-3H3,(H2,31,33)(H,32,34)(H,35,36). The second-order valence-electron chi connectivity index (χ2n) is 8.43.